The van der Waals surface area contributed by atoms with E-state index in [2.05, 4.69) is 0 Å². The lowest BCUT2D eigenvalue weighted by molar-refractivity contribution is 0.0985. The first-order valence-corrected chi connectivity index (χ1v) is 9.16. The summed E-state index contributed by atoms with van der Waals surface area (Å²) in [6, 6.07) is 10.3. The van der Waals surface area contributed by atoms with Gasteiger partial charge in [-0.05, 0) is 54.8 Å². The molecule has 1 aliphatic rings. The number of hydrogen-bond acceptors (Lipinski definition) is 3. The molecule has 0 saturated carbocycles. The molecular formula is C17H16FNO3S. The van der Waals surface area contributed by atoms with Crippen molar-refractivity contribution >= 4 is 21.4 Å². The molecule has 23 heavy (non-hydrogen) atoms. The van der Waals surface area contributed by atoms with Crippen LogP contribution in [0.15, 0.2) is 47.4 Å². The molecule has 0 aliphatic carbocycles. The normalized spacial score (nSPS) is 14.4. The molecule has 4 nitrogen and oxygen atoms in total. The molecule has 2 aromatic carbocycles. The molecule has 1 amide bonds. The molecule has 6 heteroatoms. The number of amides is 1. The smallest absolute Gasteiger partial charge is 0.258 e. The summed E-state index contributed by atoms with van der Waals surface area (Å²) in [7, 11) is -3.30. The lowest BCUT2D eigenvalue weighted by Crippen LogP contribution is -2.35. The quantitative estimate of drug-likeness (QED) is 0.849. The van der Waals surface area contributed by atoms with E-state index in [1.54, 1.807) is 11.0 Å². The molecule has 0 N–H and O–H groups in total. The van der Waals surface area contributed by atoms with Crippen LogP contribution in [0.2, 0.25) is 0 Å². The minimum atomic E-state index is -3.30. The zero-order valence-electron chi connectivity index (χ0n) is 12.6. The van der Waals surface area contributed by atoms with E-state index < -0.39 is 9.84 Å². The average molecular weight is 333 g/mol. The Morgan fingerprint density at radius 3 is 2.48 bits per heavy atom. The van der Waals surface area contributed by atoms with Crippen LogP contribution in [0.3, 0.4) is 0 Å². The molecule has 2 aromatic rings. The van der Waals surface area contributed by atoms with Crippen molar-refractivity contribution in [2.75, 3.05) is 17.7 Å². The van der Waals surface area contributed by atoms with E-state index in [9.17, 15) is 17.6 Å². The predicted octanol–water partition coefficient (Wildman–Crippen LogP) is 2.82. The summed E-state index contributed by atoms with van der Waals surface area (Å²) in [5, 5.41) is 0. The van der Waals surface area contributed by atoms with Crippen LogP contribution in [0, 0.1) is 5.82 Å². The third-order valence-corrected chi connectivity index (χ3v) is 5.07. The Labute approximate surface area is 134 Å². The monoisotopic (exact) mass is 333 g/mol. The Kier molecular flexibility index (Phi) is 3.93. The van der Waals surface area contributed by atoms with Gasteiger partial charge in [0.05, 0.1) is 10.6 Å². The van der Waals surface area contributed by atoms with E-state index in [1.807, 2.05) is 0 Å². The van der Waals surface area contributed by atoms with Crippen molar-refractivity contribution in [1.29, 1.82) is 0 Å². The third-order valence-electron chi connectivity index (χ3n) is 3.94. The van der Waals surface area contributed by atoms with Gasteiger partial charge in [-0.3, -0.25) is 4.79 Å². The lowest BCUT2D eigenvalue weighted by Gasteiger charge is -2.29. The molecule has 0 fully saturated rings. The van der Waals surface area contributed by atoms with Crippen LogP contribution in [0.25, 0.3) is 0 Å². The Hall–Kier alpha value is -2.21. The van der Waals surface area contributed by atoms with Crippen LogP contribution in [0.4, 0.5) is 10.1 Å². The number of carbonyl (C=O) groups excluding carboxylic acids is 1. The number of benzene rings is 2. The van der Waals surface area contributed by atoms with Gasteiger partial charge in [0, 0.05) is 18.4 Å². The number of halogens is 1. The summed E-state index contributed by atoms with van der Waals surface area (Å²) < 4.78 is 36.5. The largest absolute Gasteiger partial charge is 0.308 e. The van der Waals surface area contributed by atoms with Crippen molar-refractivity contribution in [3.05, 3.63) is 59.4 Å². The van der Waals surface area contributed by atoms with E-state index in [0.717, 1.165) is 24.7 Å². The number of sulfone groups is 1. The van der Waals surface area contributed by atoms with Crippen LogP contribution in [0.5, 0.6) is 0 Å². The number of rotatable bonds is 2. The molecule has 1 heterocycles. The molecule has 0 radical (unpaired) electrons. The first kappa shape index (κ1) is 15.7. The van der Waals surface area contributed by atoms with Crippen molar-refractivity contribution in [2.24, 2.45) is 0 Å². The highest BCUT2D eigenvalue weighted by molar-refractivity contribution is 7.90. The maximum absolute atomic E-state index is 13.5. The van der Waals surface area contributed by atoms with Crippen molar-refractivity contribution in [3.8, 4) is 0 Å². The van der Waals surface area contributed by atoms with E-state index in [4.69, 9.17) is 0 Å². The summed E-state index contributed by atoms with van der Waals surface area (Å²) in [6.45, 7) is 0.517. The first-order chi connectivity index (χ1) is 10.9. The minimum absolute atomic E-state index is 0.166. The van der Waals surface area contributed by atoms with Gasteiger partial charge in [-0.2, -0.15) is 0 Å². The number of nitrogens with zero attached hydrogens (tertiary/aromatic N) is 1. The fourth-order valence-electron chi connectivity index (χ4n) is 2.76. The summed E-state index contributed by atoms with van der Waals surface area (Å²) in [5.41, 5.74) is 1.92. The maximum Gasteiger partial charge on any atom is 0.258 e. The molecule has 3 rings (SSSR count). The molecule has 120 valence electrons. The summed E-state index contributed by atoms with van der Waals surface area (Å²) in [5.74, 6) is -0.632. The van der Waals surface area contributed by atoms with Crippen LogP contribution in [-0.4, -0.2) is 27.1 Å². The molecule has 0 aromatic heterocycles. The number of carbonyl (C=O) groups is 1. The summed E-state index contributed by atoms with van der Waals surface area (Å²) >= 11 is 0. The Bertz CT molecular complexity index is 860. The van der Waals surface area contributed by atoms with Gasteiger partial charge in [0.25, 0.3) is 5.91 Å². The SMILES string of the molecule is CS(=O)(=O)c1ccc(C(=O)N2CCCc3ccc(F)cc32)cc1. The lowest BCUT2D eigenvalue weighted by atomic mass is 10.0. The highest BCUT2D eigenvalue weighted by Gasteiger charge is 2.24. The van der Waals surface area contributed by atoms with Gasteiger partial charge in [-0.1, -0.05) is 6.07 Å². The van der Waals surface area contributed by atoms with E-state index in [1.165, 1.54) is 36.4 Å². The zero-order valence-corrected chi connectivity index (χ0v) is 13.4. The standard InChI is InChI=1S/C17H16FNO3S/c1-23(21,22)15-8-5-13(6-9-15)17(20)19-10-2-3-12-4-7-14(18)11-16(12)19/h4-9,11H,2-3,10H2,1H3. The maximum atomic E-state index is 13.5. The van der Waals surface area contributed by atoms with Crippen molar-refractivity contribution < 1.29 is 17.6 Å². The minimum Gasteiger partial charge on any atom is -0.308 e. The number of fused-ring (bicyclic) bond motifs is 1. The third kappa shape index (κ3) is 3.12. The van der Waals surface area contributed by atoms with E-state index in [-0.39, 0.29) is 16.6 Å². The highest BCUT2D eigenvalue weighted by Crippen LogP contribution is 2.29. The zero-order chi connectivity index (χ0) is 16.6. The molecule has 1 aliphatic heterocycles. The molecule has 0 unspecified atom stereocenters. The number of hydrogen-bond donors (Lipinski definition) is 0. The van der Waals surface area contributed by atoms with Gasteiger partial charge in [0.2, 0.25) is 0 Å². The fraction of sp³-hybridized carbons (Fsp3) is 0.235. The fourth-order valence-corrected chi connectivity index (χ4v) is 3.39. The van der Waals surface area contributed by atoms with Gasteiger partial charge in [0.15, 0.2) is 9.84 Å². The topological polar surface area (TPSA) is 54.5 Å². The first-order valence-electron chi connectivity index (χ1n) is 7.27. The summed E-state index contributed by atoms with van der Waals surface area (Å²) in [4.78, 5) is 14.4. The Morgan fingerprint density at radius 1 is 1.13 bits per heavy atom. The Balaban J connectivity index is 1.94. The van der Waals surface area contributed by atoms with Crippen LogP contribution in [0.1, 0.15) is 22.3 Å². The van der Waals surface area contributed by atoms with Crippen molar-refractivity contribution in [2.45, 2.75) is 17.7 Å². The highest BCUT2D eigenvalue weighted by atomic mass is 32.2. The van der Waals surface area contributed by atoms with Gasteiger partial charge in [-0.25, -0.2) is 12.8 Å². The van der Waals surface area contributed by atoms with E-state index >= 15 is 0 Å². The number of aryl methyl sites for hydroxylation is 1. The predicted molar refractivity (Wildman–Crippen MR) is 85.9 cm³/mol. The van der Waals surface area contributed by atoms with Crippen LogP contribution >= 0.6 is 0 Å². The van der Waals surface area contributed by atoms with Crippen molar-refractivity contribution in [3.63, 3.8) is 0 Å². The Morgan fingerprint density at radius 2 is 1.83 bits per heavy atom. The average Bonchev–Trinajstić information content (AvgIpc) is 2.53. The van der Waals surface area contributed by atoms with Gasteiger partial charge < -0.3 is 4.90 Å². The molecule has 0 saturated heterocycles. The molecule has 0 spiro atoms. The molecular weight excluding hydrogens is 317 g/mol. The van der Waals surface area contributed by atoms with Crippen LogP contribution in [-0.2, 0) is 16.3 Å². The van der Waals surface area contributed by atoms with E-state index in [0.29, 0.717) is 17.8 Å². The second-order valence-corrected chi connectivity index (χ2v) is 7.65. The summed E-state index contributed by atoms with van der Waals surface area (Å²) in [6.07, 6.45) is 2.74. The second kappa shape index (κ2) is 5.77. The van der Waals surface area contributed by atoms with Gasteiger partial charge in [0.1, 0.15) is 5.82 Å². The molecule has 0 bridgehead atoms. The van der Waals surface area contributed by atoms with Crippen LogP contribution < -0.4 is 4.90 Å². The van der Waals surface area contributed by atoms with Gasteiger partial charge >= 0.3 is 0 Å². The second-order valence-electron chi connectivity index (χ2n) is 5.63. The van der Waals surface area contributed by atoms with Gasteiger partial charge in [-0.15, -0.1) is 0 Å². The molecule has 0 atom stereocenters. The number of anilines is 1. The van der Waals surface area contributed by atoms with Crippen molar-refractivity contribution in [1.82, 2.24) is 0 Å².